The number of carboxylic acids is 1. The van der Waals surface area contributed by atoms with Crippen molar-refractivity contribution in [2.45, 2.75) is 13.0 Å². The first kappa shape index (κ1) is 28.9. The van der Waals surface area contributed by atoms with Gasteiger partial charge in [-0.2, -0.15) is 14.0 Å². The van der Waals surface area contributed by atoms with Crippen LogP contribution in [0.25, 0.3) is 16.6 Å². The molecular formula is C31H20N3NaO4S. The molecule has 0 radical (unpaired) electrons. The maximum Gasteiger partial charge on any atom is 1.00 e. The molecule has 7 nitrogen and oxygen atoms in total. The average Bonchev–Trinajstić information content (AvgIpc) is 3.44. The molecule has 40 heavy (non-hydrogen) atoms. The number of ketones is 1. The number of ether oxygens (including phenoxy) is 1. The molecule has 0 bridgehead atoms. The Kier molecular flexibility index (Phi) is 9.59. The molecule has 5 aromatic rings. The fourth-order valence-corrected chi connectivity index (χ4v) is 4.67. The van der Waals surface area contributed by atoms with Gasteiger partial charge in [0.2, 0.25) is 0 Å². The van der Waals surface area contributed by atoms with Gasteiger partial charge in [0.15, 0.2) is 5.78 Å². The van der Waals surface area contributed by atoms with Gasteiger partial charge in [0.05, 0.1) is 29.3 Å². The molecule has 0 aliphatic rings. The molecule has 0 amide bonds. The number of benzene rings is 4. The summed E-state index contributed by atoms with van der Waals surface area (Å²) in [6, 6.07) is 29.9. The topological polar surface area (TPSA) is 116 Å². The summed E-state index contributed by atoms with van der Waals surface area (Å²) >= 11 is 1.02. The minimum absolute atomic E-state index is 0. The van der Waals surface area contributed by atoms with E-state index in [4.69, 9.17) is 10.00 Å². The number of carbonyl (C=O) groups is 2. The maximum atomic E-state index is 13.8. The van der Waals surface area contributed by atoms with Crippen LogP contribution in [0.4, 0.5) is 0 Å². The van der Waals surface area contributed by atoms with Gasteiger partial charge in [-0.15, -0.1) is 0 Å². The summed E-state index contributed by atoms with van der Waals surface area (Å²) in [6.07, 6.45) is 0.0213. The Balaban J connectivity index is 0.00000370. The molecule has 1 aromatic heterocycles. The predicted octanol–water partition coefficient (Wildman–Crippen LogP) is 1.78. The van der Waals surface area contributed by atoms with Gasteiger partial charge in [-0.3, -0.25) is 4.79 Å². The number of rotatable bonds is 9. The van der Waals surface area contributed by atoms with E-state index < -0.39 is 11.8 Å². The quantitative estimate of drug-likeness (QED) is 0.155. The molecule has 0 spiro atoms. The molecule has 0 saturated carbocycles. The fraction of sp³-hybridized carbons (Fsp3) is 0.0645. The van der Waals surface area contributed by atoms with Crippen LogP contribution in [0.2, 0.25) is 0 Å². The number of allylic oxidation sites excluding steroid dienone is 1. The van der Waals surface area contributed by atoms with Crippen LogP contribution in [-0.2, 0) is 17.8 Å². The minimum Gasteiger partial charge on any atom is -0.545 e. The molecule has 0 atom stereocenters. The van der Waals surface area contributed by atoms with Crippen molar-refractivity contribution in [3.05, 3.63) is 130 Å². The number of nitriles is 1. The Morgan fingerprint density at radius 3 is 2.17 bits per heavy atom. The van der Waals surface area contributed by atoms with Crippen molar-refractivity contribution in [1.82, 2.24) is 8.75 Å². The van der Waals surface area contributed by atoms with Gasteiger partial charge < -0.3 is 14.6 Å². The van der Waals surface area contributed by atoms with E-state index in [-0.39, 0.29) is 47.1 Å². The zero-order valence-electron chi connectivity index (χ0n) is 21.5. The van der Waals surface area contributed by atoms with Gasteiger partial charge in [0.25, 0.3) is 0 Å². The predicted molar refractivity (Wildman–Crippen MR) is 146 cm³/mol. The maximum absolute atomic E-state index is 13.8. The van der Waals surface area contributed by atoms with E-state index in [2.05, 4.69) is 14.8 Å². The summed E-state index contributed by atoms with van der Waals surface area (Å²) in [7, 11) is 0. The Labute approximate surface area is 257 Å². The van der Waals surface area contributed by atoms with Crippen LogP contribution < -0.4 is 39.4 Å². The molecule has 0 fully saturated rings. The van der Waals surface area contributed by atoms with E-state index in [0.29, 0.717) is 45.6 Å². The fourth-order valence-electron chi connectivity index (χ4n) is 4.15. The van der Waals surface area contributed by atoms with Crippen molar-refractivity contribution in [3.8, 4) is 11.8 Å². The first-order valence-corrected chi connectivity index (χ1v) is 12.7. The van der Waals surface area contributed by atoms with Crippen molar-refractivity contribution in [2.75, 3.05) is 0 Å². The van der Waals surface area contributed by atoms with E-state index in [1.54, 1.807) is 66.7 Å². The third-order valence-electron chi connectivity index (χ3n) is 6.15. The van der Waals surface area contributed by atoms with Crippen molar-refractivity contribution < 1.29 is 49.0 Å². The van der Waals surface area contributed by atoms with E-state index in [1.807, 2.05) is 30.3 Å². The second-order valence-electron chi connectivity index (χ2n) is 8.72. The number of hydrogen-bond acceptors (Lipinski definition) is 8. The van der Waals surface area contributed by atoms with Gasteiger partial charge >= 0.3 is 29.6 Å². The zero-order chi connectivity index (χ0) is 27.2. The van der Waals surface area contributed by atoms with Gasteiger partial charge in [0, 0.05) is 23.1 Å². The van der Waals surface area contributed by atoms with Crippen LogP contribution in [0, 0.1) is 11.3 Å². The molecule has 0 aliphatic carbocycles. The minimum atomic E-state index is -1.47. The van der Waals surface area contributed by atoms with E-state index in [1.165, 1.54) is 0 Å². The number of aromatic nitrogens is 2. The van der Waals surface area contributed by atoms with Crippen LogP contribution in [-0.4, -0.2) is 20.5 Å². The first-order chi connectivity index (χ1) is 19.0. The van der Waals surface area contributed by atoms with Crippen LogP contribution in [0.5, 0.6) is 5.75 Å². The second kappa shape index (κ2) is 13.3. The largest absolute Gasteiger partial charge is 1.00 e. The molecule has 4 aromatic carbocycles. The van der Waals surface area contributed by atoms with Gasteiger partial charge in [-0.05, 0) is 65.2 Å². The van der Waals surface area contributed by atoms with E-state index in [0.717, 1.165) is 17.3 Å². The van der Waals surface area contributed by atoms with Crippen LogP contribution in [0.15, 0.2) is 103 Å². The SMILES string of the molecule is N#Cc1ccc(C/C(C(=O)c2ccc(OCc3ccccc3)cc2)=C(\C(=O)[O-])c2ccc3nsnc3c2)cc1.[Na+]. The molecular weight excluding hydrogens is 533 g/mol. The molecule has 5 rings (SSSR count). The monoisotopic (exact) mass is 553 g/mol. The first-order valence-electron chi connectivity index (χ1n) is 12.0. The Bertz CT molecular complexity index is 1730. The number of fused-ring (bicyclic) bond motifs is 1. The van der Waals surface area contributed by atoms with E-state index >= 15 is 0 Å². The van der Waals surface area contributed by atoms with Crippen molar-refractivity contribution >= 4 is 40.1 Å². The molecule has 9 heteroatoms. The third kappa shape index (κ3) is 6.71. The van der Waals surface area contributed by atoms with Crippen molar-refractivity contribution in [2.24, 2.45) is 0 Å². The van der Waals surface area contributed by atoms with Gasteiger partial charge in [0.1, 0.15) is 23.4 Å². The standard InChI is InChI=1S/C31H21N3O4S.Na/c32-18-21-8-6-20(7-9-21)16-26(29(31(36)37)24-12-15-27-28(17-24)34-39-33-27)30(35)23-10-13-25(14-11-23)38-19-22-4-2-1-3-5-22;/h1-15,17H,16,19H2,(H,36,37);/q;+1/p-1/b29-26+;. The molecule has 0 saturated heterocycles. The van der Waals surface area contributed by atoms with Crippen LogP contribution in [0.1, 0.15) is 32.6 Å². The van der Waals surface area contributed by atoms with Gasteiger partial charge in [-0.1, -0.05) is 48.5 Å². The molecule has 1 heterocycles. The summed E-state index contributed by atoms with van der Waals surface area (Å²) < 4.78 is 14.2. The number of carboxylic acid groups (broad SMARTS) is 1. The molecule has 0 N–H and O–H groups in total. The summed E-state index contributed by atoms with van der Waals surface area (Å²) in [6.45, 7) is 0.376. The number of Topliss-reactive ketones (excluding diaryl/α,β-unsaturated/α-hetero) is 1. The Hall–Kier alpha value is -4.13. The van der Waals surface area contributed by atoms with Gasteiger partial charge in [-0.25, -0.2) is 0 Å². The summed E-state index contributed by atoms with van der Waals surface area (Å²) in [5.41, 5.74) is 3.75. The Morgan fingerprint density at radius 2 is 1.50 bits per heavy atom. The van der Waals surface area contributed by atoms with Crippen LogP contribution >= 0.6 is 11.7 Å². The zero-order valence-corrected chi connectivity index (χ0v) is 24.4. The molecule has 190 valence electrons. The summed E-state index contributed by atoms with van der Waals surface area (Å²) in [5, 5.41) is 21.6. The summed E-state index contributed by atoms with van der Waals surface area (Å²) in [4.78, 5) is 26.3. The van der Waals surface area contributed by atoms with Crippen molar-refractivity contribution in [1.29, 1.82) is 5.26 Å². The normalized spacial score (nSPS) is 11.2. The number of carbonyl (C=O) groups excluding carboxylic acids is 2. The second-order valence-corrected chi connectivity index (χ2v) is 9.25. The summed E-state index contributed by atoms with van der Waals surface area (Å²) in [5.74, 6) is -1.35. The number of aliphatic carboxylic acids is 1. The van der Waals surface area contributed by atoms with E-state index in [9.17, 15) is 14.7 Å². The van der Waals surface area contributed by atoms with Crippen molar-refractivity contribution in [3.63, 3.8) is 0 Å². The number of nitrogens with zero attached hydrogens (tertiary/aromatic N) is 3. The third-order valence-corrected chi connectivity index (χ3v) is 6.71. The Morgan fingerprint density at radius 1 is 0.825 bits per heavy atom. The average molecular weight is 554 g/mol. The molecule has 0 aliphatic heterocycles. The smallest absolute Gasteiger partial charge is 0.545 e. The number of hydrogen-bond donors (Lipinski definition) is 0. The van der Waals surface area contributed by atoms with Crippen LogP contribution in [0.3, 0.4) is 0 Å². The molecule has 0 unspecified atom stereocenters.